The number of halogens is 1. The fraction of sp³-hybridized carbons (Fsp3) is 0.750. The van der Waals surface area contributed by atoms with E-state index in [1.807, 2.05) is 0 Å². The minimum Gasteiger partial charge on any atom is -0.458 e. The molecule has 0 aromatic heterocycles. The van der Waals surface area contributed by atoms with Crippen molar-refractivity contribution in [2.24, 2.45) is 17.8 Å². The Morgan fingerprint density at radius 1 is 1.39 bits per heavy atom. The molecule has 0 aromatic carbocycles. The fourth-order valence-electron chi connectivity index (χ4n) is 3.28. The highest BCUT2D eigenvalue weighted by Crippen LogP contribution is 2.53. The van der Waals surface area contributed by atoms with E-state index < -0.39 is 12.2 Å². The summed E-state index contributed by atoms with van der Waals surface area (Å²) in [4.78, 5) is 35.0. The number of fused-ring (bicyclic) bond motifs is 1. The molecule has 0 amide bonds. The molecule has 5 atom stereocenters. The van der Waals surface area contributed by atoms with Crippen molar-refractivity contribution in [2.75, 3.05) is 5.88 Å². The van der Waals surface area contributed by atoms with Crippen LogP contribution in [0.25, 0.3) is 0 Å². The van der Waals surface area contributed by atoms with E-state index in [1.54, 1.807) is 0 Å². The van der Waals surface area contributed by atoms with Crippen LogP contribution in [0.5, 0.6) is 0 Å². The zero-order valence-corrected chi connectivity index (χ0v) is 10.4. The third-order valence-electron chi connectivity index (χ3n) is 4.05. The molecular weight excluding hydrogens is 260 g/mol. The van der Waals surface area contributed by atoms with E-state index in [1.165, 1.54) is 0 Å². The monoisotopic (exact) mass is 272 g/mol. The first-order chi connectivity index (χ1) is 8.63. The van der Waals surface area contributed by atoms with Crippen molar-refractivity contribution < 1.29 is 23.9 Å². The summed E-state index contributed by atoms with van der Waals surface area (Å²) in [6, 6.07) is 0. The molecule has 18 heavy (non-hydrogen) atoms. The topological polar surface area (TPSA) is 69.7 Å². The first kappa shape index (κ1) is 12.0. The minimum absolute atomic E-state index is 0.0194. The van der Waals surface area contributed by atoms with Crippen molar-refractivity contribution in [1.82, 2.24) is 0 Å². The molecule has 6 heteroatoms. The Balaban J connectivity index is 1.70. The van der Waals surface area contributed by atoms with Gasteiger partial charge in [0, 0.05) is 12.3 Å². The second-order valence-electron chi connectivity index (χ2n) is 5.03. The largest absolute Gasteiger partial charge is 0.458 e. The van der Waals surface area contributed by atoms with Gasteiger partial charge < -0.3 is 9.47 Å². The number of alkyl halides is 1. The van der Waals surface area contributed by atoms with Crippen molar-refractivity contribution in [3.05, 3.63) is 0 Å². The van der Waals surface area contributed by atoms with Crippen molar-refractivity contribution >= 4 is 29.3 Å². The van der Waals surface area contributed by atoms with Crippen LogP contribution in [0, 0.1) is 17.8 Å². The molecule has 1 aliphatic heterocycles. The highest BCUT2D eigenvalue weighted by atomic mass is 35.5. The molecule has 1 heterocycles. The predicted molar refractivity (Wildman–Crippen MR) is 59.8 cm³/mol. The number of esters is 2. The van der Waals surface area contributed by atoms with Crippen LogP contribution in [-0.2, 0) is 23.9 Å². The molecule has 98 valence electrons. The maximum absolute atomic E-state index is 11.9. The molecule has 0 aromatic rings. The number of Topliss-reactive ketones (excluding diaryl/α,β-unsaturated/α-hetero) is 1. The lowest BCUT2D eigenvalue weighted by molar-refractivity contribution is -0.161. The van der Waals surface area contributed by atoms with Gasteiger partial charge in [-0.25, -0.2) is 0 Å². The van der Waals surface area contributed by atoms with Gasteiger partial charge in [-0.1, -0.05) is 0 Å². The lowest BCUT2D eigenvalue weighted by atomic mass is 9.88. The predicted octanol–water partition coefficient (Wildman–Crippen LogP) is 0.678. The van der Waals surface area contributed by atoms with Gasteiger partial charge in [0.05, 0.1) is 17.8 Å². The van der Waals surface area contributed by atoms with Gasteiger partial charge >= 0.3 is 11.9 Å². The van der Waals surface area contributed by atoms with Gasteiger partial charge in [-0.2, -0.15) is 0 Å². The molecule has 2 bridgehead atoms. The number of hydrogen-bond acceptors (Lipinski definition) is 5. The smallest absolute Gasteiger partial charge is 0.310 e. The van der Waals surface area contributed by atoms with Gasteiger partial charge in [0.15, 0.2) is 0 Å². The van der Waals surface area contributed by atoms with Crippen LogP contribution in [-0.4, -0.2) is 35.8 Å². The molecule has 0 spiro atoms. The Morgan fingerprint density at radius 2 is 2.17 bits per heavy atom. The normalized spacial score (nSPS) is 40.2. The van der Waals surface area contributed by atoms with Crippen LogP contribution >= 0.6 is 11.6 Å². The zero-order valence-electron chi connectivity index (χ0n) is 9.63. The van der Waals surface area contributed by atoms with Crippen molar-refractivity contribution in [3.8, 4) is 0 Å². The van der Waals surface area contributed by atoms with Gasteiger partial charge in [-0.15, -0.1) is 11.6 Å². The minimum atomic E-state index is -0.576. The summed E-state index contributed by atoms with van der Waals surface area (Å²) in [5, 5.41) is 0. The summed E-state index contributed by atoms with van der Waals surface area (Å²) in [6.07, 6.45) is 0.117. The van der Waals surface area contributed by atoms with Crippen LogP contribution in [0.4, 0.5) is 0 Å². The molecule has 0 radical (unpaired) electrons. The fourth-order valence-corrected chi connectivity index (χ4v) is 3.41. The zero-order chi connectivity index (χ0) is 12.9. The molecule has 2 saturated carbocycles. The van der Waals surface area contributed by atoms with Gasteiger partial charge in [0.25, 0.3) is 0 Å². The van der Waals surface area contributed by atoms with E-state index in [0.717, 1.165) is 0 Å². The lowest BCUT2D eigenvalue weighted by Crippen LogP contribution is -2.36. The summed E-state index contributed by atoms with van der Waals surface area (Å²) in [5.41, 5.74) is 0. The van der Waals surface area contributed by atoms with E-state index in [9.17, 15) is 14.4 Å². The van der Waals surface area contributed by atoms with E-state index in [-0.39, 0.29) is 41.9 Å². The summed E-state index contributed by atoms with van der Waals surface area (Å²) >= 11 is 5.50. The van der Waals surface area contributed by atoms with Crippen LogP contribution < -0.4 is 0 Å². The molecule has 3 aliphatic rings. The molecule has 2 aliphatic carbocycles. The van der Waals surface area contributed by atoms with E-state index >= 15 is 0 Å². The Bertz CT molecular complexity index is 421. The second kappa shape index (κ2) is 4.23. The summed E-state index contributed by atoms with van der Waals surface area (Å²) < 4.78 is 10.5. The molecule has 3 rings (SSSR count). The number of carbonyl (C=O) groups is 3. The first-order valence-corrected chi connectivity index (χ1v) is 6.66. The molecular formula is C12H13ClO5. The summed E-state index contributed by atoms with van der Waals surface area (Å²) in [6.45, 7) is 0. The Hall–Kier alpha value is -1.10. The first-order valence-electron chi connectivity index (χ1n) is 6.13. The van der Waals surface area contributed by atoms with Gasteiger partial charge in [0.2, 0.25) is 0 Å². The quantitative estimate of drug-likeness (QED) is 0.556. The Morgan fingerprint density at radius 3 is 2.89 bits per heavy atom. The average molecular weight is 273 g/mol. The van der Waals surface area contributed by atoms with E-state index in [0.29, 0.717) is 18.7 Å². The van der Waals surface area contributed by atoms with Crippen molar-refractivity contribution in [1.29, 1.82) is 0 Å². The summed E-state index contributed by atoms with van der Waals surface area (Å²) in [5.74, 6) is -1.31. The molecule has 5 nitrogen and oxygen atoms in total. The van der Waals surface area contributed by atoms with Crippen LogP contribution in [0.1, 0.15) is 19.3 Å². The van der Waals surface area contributed by atoms with Gasteiger partial charge in [-0.3, -0.25) is 14.4 Å². The standard InChI is InChI=1S/C12H13ClO5/c13-3-1-2-7(14)17-10-6-4-5-8(9(6)15)11(10)18-12(5)16/h5-6,8,10-11H,1-4H2. The second-order valence-corrected chi connectivity index (χ2v) is 5.40. The number of hydrogen-bond donors (Lipinski definition) is 0. The molecule has 1 saturated heterocycles. The number of ketones is 1. The SMILES string of the molecule is O=C(CCCCl)OC1C2CC3C(=O)OC1C3C2=O. The average Bonchev–Trinajstić information content (AvgIpc) is 2.88. The van der Waals surface area contributed by atoms with E-state index in [2.05, 4.69) is 0 Å². The highest BCUT2D eigenvalue weighted by molar-refractivity contribution is 6.17. The van der Waals surface area contributed by atoms with Crippen LogP contribution in [0.2, 0.25) is 0 Å². The number of carbonyl (C=O) groups excluding carboxylic acids is 3. The van der Waals surface area contributed by atoms with Crippen LogP contribution in [0.15, 0.2) is 0 Å². The molecule has 0 N–H and O–H groups in total. The van der Waals surface area contributed by atoms with Crippen molar-refractivity contribution in [2.45, 2.75) is 31.5 Å². The lowest BCUT2D eigenvalue weighted by Gasteiger charge is -2.23. The number of rotatable bonds is 4. The third-order valence-corrected chi connectivity index (χ3v) is 4.31. The maximum atomic E-state index is 11.9. The van der Waals surface area contributed by atoms with Crippen LogP contribution in [0.3, 0.4) is 0 Å². The molecule has 5 unspecified atom stereocenters. The Labute approximate surface area is 109 Å². The maximum Gasteiger partial charge on any atom is 0.310 e. The molecule has 3 fully saturated rings. The van der Waals surface area contributed by atoms with Gasteiger partial charge in [-0.05, 0) is 12.8 Å². The number of ether oxygens (including phenoxy) is 2. The van der Waals surface area contributed by atoms with Crippen molar-refractivity contribution in [3.63, 3.8) is 0 Å². The highest BCUT2D eigenvalue weighted by Gasteiger charge is 2.68. The Kier molecular flexibility index (Phi) is 2.81. The van der Waals surface area contributed by atoms with Gasteiger partial charge in [0.1, 0.15) is 18.0 Å². The van der Waals surface area contributed by atoms with E-state index in [4.69, 9.17) is 21.1 Å². The summed E-state index contributed by atoms with van der Waals surface area (Å²) in [7, 11) is 0. The third kappa shape index (κ3) is 1.56.